The molecule has 0 spiro atoms. The molecule has 1 saturated heterocycles. The zero-order valence-corrected chi connectivity index (χ0v) is 27.0. The summed E-state index contributed by atoms with van der Waals surface area (Å²) in [5.41, 5.74) is -1.47. The summed E-state index contributed by atoms with van der Waals surface area (Å²) >= 11 is 0. The topological polar surface area (TPSA) is 164 Å². The number of allylic oxidation sites excluding steroid dienone is 4. The van der Waals surface area contributed by atoms with Crippen molar-refractivity contribution in [3.63, 3.8) is 0 Å². The Kier molecular flexibility index (Phi) is 10.1. The lowest BCUT2D eigenvalue weighted by molar-refractivity contribution is -0.756. The molecule has 9 atom stereocenters. The minimum absolute atomic E-state index is 0.0107. The summed E-state index contributed by atoms with van der Waals surface area (Å²) in [6, 6.07) is 0. The molecule has 1 unspecified atom stereocenters. The van der Waals surface area contributed by atoms with Gasteiger partial charge in [-0.1, -0.05) is 66.5 Å². The molecule has 0 aromatic carbocycles. The zero-order valence-electron chi connectivity index (χ0n) is 25.4. The summed E-state index contributed by atoms with van der Waals surface area (Å²) in [5.74, 6) is 0.670. The second-order valence-electron chi connectivity index (χ2n) is 12.8. The number of amides is 1. The van der Waals surface area contributed by atoms with Gasteiger partial charge >= 0.3 is 6.09 Å². The fraction of sp³-hybridized carbons (Fsp3) is 0.767. The summed E-state index contributed by atoms with van der Waals surface area (Å²) in [6.07, 6.45) is 6.70. The predicted molar refractivity (Wildman–Crippen MR) is 163 cm³/mol. The van der Waals surface area contributed by atoms with Crippen LogP contribution in [0.3, 0.4) is 0 Å². The Morgan fingerprint density at radius 3 is 2.80 bits per heavy atom. The molecule has 2 N–H and O–H groups in total. The quantitative estimate of drug-likeness (QED) is 0.0965. The number of alkyl carbamates (subject to hydrolysis) is 1. The molecule has 14 heteroatoms. The van der Waals surface area contributed by atoms with Crippen LogP contribution in [0, 0.1) is 38.7 Å². The third kappa shape index (κ3) is 5.92. The van der Waals surface area contributed by atoms with Gasteiger partial charge in [0.2, 0.25) is 5.78 Å². The molecular weight excluding hydrogens is 612 g/mol. The first kappa shape index (κ1) is 33.2. The summed E-state index contributed by atoms with van der Waals surface area (Å²) < 4.78 is 18.4. The van der Waals surface area contributed by atoms with E-state index >= 15 is 0 Å². The van der Waals surface area contributed by atoms with Gasteiger partial charge in [0.1, 0.15) is 6.61 Å². The molecule has 0 bridgehead atoms. The molecule has 0 aromatic rings. The molecule has 3 fully saturated rings. The smallest absolute Gasteiger partial charge is 0.407 e. The molecule has 2 saturated carbocycles. The monoisotopic (exact) mass is 654 g/mol. The molecule has 1 aliphatic heterocycles. The number of ether oxygens (including phenoxy) is 3. The second-order valence-corrected chi connectivity index (χ2v) is 15.5. The van der Waals surface area contributed by atoms with Crippen molar-refractivity contribution in [2.45, 2.75) is 83.4 Å². The van der Waals surface area contributed by atoms with Gasteiger partial charge in [-0.25, -0.2) is 4.79 Å². The van der Waals surface area contributed by atoms with E-state index in [2.05, 4.69) is 23.2 Å². The number of carbonyl (C=O) groups excluding carboxylic acids is 3. The van der Waals surface area contributed by atoms with Gasteiger partial charge in [0.25, 0.3) is 5.09 Å². The Balaban J connectivity index is 1.26. The summed E-state index contributed by atoms with van der Waals surface area (Å²) in [7, 11) is 2.82. The van der Waals surface area contributed by atoms with Crippen molar-refractivity contribution in [2.24, 2.45) is 28.6 Å². The van der Waals surface area contributed by atoms with Crippen LogP contribution in [0.4, 0.5) is 4.79 Å². The highest BCUT2D eigenvalue weighted by Crippen LogP contribution is 2.69. The SMILES string of the molecule is CCCC1O[C@@H]2C[C@H]3[C@@H]4CC=C5CC(=O)C=C[C@]5(C)[C@H]4[C@@H](O)C[C@]3(C)[C@]2(C(=O)COC(=O)NCCSSCCO[N+](=O)[O-])O1. The molecule has 5 rings (SSSR count). The number of hydrogen-bond acceptors (Lipinski definition) is 12. The maximum atomic E-state index is 14.2. The first-order chi connectivity index (χ1) is 21.0. The number of carbonyl (C=O) groups is 3. The van der Waals surface area contributed by atoms with E-state index in [-0.39, 0.29) is 42.5 Å². The molecule has 1 amide bonds. The minimum Gasteiger partial charge on any atom is -0.441 e. The van der Waals surface area contributed by atoms with E-state index in [0.29, 0.717) is 43.6 Å². The second kappa shape index (κ2) is 13.3. The van der Waals surface area contributed by atoms with Crippen LogP contribution >= 0.6 is 21.6 Å². The highest BCUT2D eigenvalue weighted by atomic mass is 33.1. The maximum Gasteiger partial charge on any atom is 0.407 e. The van der Waals surface area contributed by atoms with Gasteiger partial charge < -0.3 is 29.5 Å². The van der Waals surface area contributed by atoms with Crippen molar-refractivity contribution in [3.8, 4) is 0 Å². The van der Waals surface area contributed by atoms with Crippen LogP contribution in [0.5, 0.6) is 0 Å². The zero-order chi connectivity index (χ0) is 31.7. The largest absolute Gasteiger partial charge is 0.441 e. The highest BCUT2D eigenvalue weighted by molar-refractivity contribution is 8.76. The number of Topliss-reactive ketones (excluding diaryl/α,β-unsaturated/α-hetero) is 1. The lowest BCUT2D eigenvalue weighted by Crippen LogP contribution is -2.63. The average Bonchev–Trinajstić information content (AvgIpc) is 3.45. The number of nitrogens with zero attached hydrogens (tertiary/aromatic N) is 1. The normalized spacial score (nSPS) is 38.5. The minimum atomic E-state index is -1.36. The predicted octanol–water partition coefficient (Wildman–Crippen LogP) is 4.04. The van der Waals surface area contributed by atoms with Crippen molar-refractivity contribution in [2.75, 3.05) is 31.3 Å². The number of rotatable bonds is 13. The van der Waals surface area contributed by atoms with Crippen LogP contribution in [0.2, 0.25) is 0 Å². The summed E-state index contributed by atoms with van der Waals surface area (Å²) in [6.45, 7) is 5.96. The van der Waals surface area contributed by atoms with E-state index in [4.69, 9.17) is 14.2 Å². The molecule has 244 valence electrons. The van der Waals surface area contributed by atoms with Crippen LogP contribution in [0.15, 0.2) is 23.8 Å². The van der Waals surface area contributed by atoms with Crippen LogP contribution in [0.25, 0.3) is 0 Å². The van der Waals surface area contributed by atoms with E-state index in [1.165, 1.54) is 21.6 Å². The van der Waals surface area contributed by atoms with Gasteiger partial charge in [-0.3, -0.25) is 9.59 Å². The molecule has 5 aliphatic rings. The lowest BCUT2D eigenvalue weighted by Gasteiger charge is -2.59. The maximum absolute atomic E-state index is 14.2. The standard InChI is InChI=1S/C30H42N2O10S2/c1-4-5-25-41-24-15-21-20-7-6-18-14-19(33)8-9-28(18,2)26(20)22(34)16-29(21,3)30(24,42-25)23(35)17-39-27(36)31-10-12-43-44-13-11-40-32(37)38/h6,8-9,20-22,24-26,34H,4-5,7,10-17H2,1-3H3,(H,31,36)/t20-,21-,22-,24+,25?,26+,28-,29-,30+/m0/s1. The van der Waals surface area contributed by atoms with Gasteiger partial charge in [0.05, 0.1) is 12.2 Å². The molecular formula is C30H42N2O10S2. The molecule has 0 radical (unpaired) electrons. The number of fused-ring (bicyclic) bond motifs is 7. The van der Waals surface area contributed by atoms with Crippen molar-refractivity contribution in [3.05, 3.63) is 33.9 Å². The number of aliphatic hydroxyl groups excluding tert-OH is 1. The van der Waals surface area contributed by atoms with Gasteiger partial charge in [-0.2, -0.15) is 0 Å². The number of ketones is 2. The van der Waals surface area contributed by atoms with Gasteiger partial charge in [0, 0.05) is 41.2 Å². The lowest BCUT2D eigenvalue weighted by atomic mass is 9.47. The Morgan fingerprint density at radius 1 is 1.27 bits per heavy atom. The fourth-order valence-corrected chi connectivity index (χ4v) is 10.4. The third-order valence-corrected chi connectivity index (χ3v) is 12.8. The number of aliphatic hydroxyl groups is 1. The van der Waals surface area contributed by atoms with Crippen LogP contribution in [0.1, 0.15) is 59.3 Å². The fourth-order valence-electron chi connectivity index (χ4n) is 8.66. The summed E-state index contributed by atoms with van der Waals surface area (Å²) in [4.78, 5) is 53.3. The van der Waals surface area contributed by atoms with E-state index in [1.54, 1.807) is 6.08 Å². The molecule has 4 aliphatic carbocycles. The first-order valence-corrected chi connectivity index (χ1v) is 17.8. The van der Waals surface area contributed by atoms with Crippen LogP contribution < -0.4 is 5.32 Å². The van der Waals surface area contributed by atoms with Gasteiger partial charge in [-0.05, 0) is 43.6 Å². The van der Waals surface area contributed by atoms with Crippen LogP contribution in [-0.2, 0) is 28.6 Å². The van der Waals surface area contributed by atoms with Crippen molar-refractivity contribution in [1.82, 2.24) is 5.32 Å². The Hall–Kier alpha value is -2.13. The van der Waals surface area contributed by atoms with Gasteiger partial charge in [-0.15, -0.1) is 10.1 Å². The van der Waals surface area contributed by atoms with E-state index in [1.807, 2.05) is 19.9 Å². The number of hydrogen-bond donors (Lipinski definition) is 2. The Bertz CT molecular complexity index is 1210. The third-order valence-electron chi connectivity index (χ3n) is 10.4. The Labute approximate surface area is 264 Å². The van der Waals surface area contributed by atoms with E-state index in [9.17, 15) is 29.6 Å². The van der Waals surface area contributed by atoms with Gasteiger partial charge in [0.15, 0.2) is 24.3 Å². The molecule has 12 nitrogen and oxygen atoms in total. The highest BCUT2D eigenvalue weighted by Gasteiger charge is 2.75. The Morgan fingerprint density at radius 2 is 2.05 bits per heavy atom. The first-order valence-electron chi connectivity index (χ1n) is 15.3. The molecule has 44 heavy (non-hydrogen) atoms. The van der Waals surface area contributed by atoms with Crippen molar-refractivity contribution in [1.29, 1.82) is 0 Å². The van der Waals surface area contributed by atoms with E-state index in [0.717, 1.165) is 12.0 Å². The number of nitrogens with one attached hydrogen (secondary N) is 1. The van der Waals surface area contributed by atoms with E-state index < -0.39 is 52.7 Å². The average molecular weight is 655 g/mol. The summed E-state index contributed by atoms with van der Waals surface area (Å²) in [5, 5.41) is 23.8. The van der Waals surface area contributed by atoms with Crippen molar-refractivity contribution >= 4 is 39.2 Å². The molecule has 1 heterocycles. The van der Waals surface area contributed by atoms with Crippen molar-refractivity contribution < 1.29 is 43.6 Å². The van der Waals surface area contributed by atoms with Crippen LogP contribution in [-0.4, -0.2) is 83.2 Å². The molecule has 0 aromatic heterocycles.